The SMILES string of the molecule is CCCCCCCCCCCCCCCCCC/C=C/C(CCCCCCCCCCCCCCCCCCCC)COS(=O)(=O)O. The van der Waals surface area contributed by atoms with Crippen LogP contribution in [0.25, 0.3) is 0 Å². The second-order valence-electron chi connectivity index (χ2n) is 14.8. The van der Waals surface area contributed by atoms with E-state index in [-0.39, 0.29) is 12.5 Å². The molecule has 0 bridgehead atoms. The highest BCUT2D eigenvalue weighted by Crippen LogP contribution is 2.18. The van der Waals surface area contributed by atoms with Gasteiger partial charge in [0.2, 0.25) is 0 Å². The molecule has 5 heteroatoms. The highest BCUT2D eigenvalue weighted by Gasteiger charge is 2.11. The van der Waals surface area contributed by atoms with Gasteiger partial charge in [-0.2, -0.15) is 8.42 Å². The fourth-order valence-corrected chi connectivity index (χ4v) is 7.16. The van der Waals surface area contributed by atoms with Crippen molar-refractivity contribution < 1.29 is 17.2 Å². The van der Waals surface area contributed by atoms with Gasteiger partial charge in [0.05, 0.1) is 6.61 Å². The first-order valence-electron chi connectivity index (χ1n) is 21.3. The summed E-state index contributed by atoms with van der Waals surface area (Å²) < 4.78 is 36.0. The van der Waals surface area contributed by atoms with E-state index >= 15 is 0 Å². The fraction of sp³-hybridized carbons (Fsp3) is 0.952. The summed E-state index contributed by atoms with van der Waals surface area (Å²) in [6, 6.07) is 0. The summed E-state index contributed by atoms with van der Waals surface area (Å²) >= 11 is 0. The van der Waals surface area contributed by atoms with Crippen molar-refractivity contribution in [1.29, 1.82) is 0 Å². The Labute approximate surface area is 296 Å². The Morgan fingerprint density at radius 3 is 1.02 bits per heavy atom. The van der Waals surface area contributed by atoms with E-state index in [9.17, 15) is 8.42 Å². The third kappa shape index (κ3) is 41.7. The van der Waals surface area contributed by atoms with Crippen molar-refractivity contribution in [2.45, 2.75) is 245 Å². The van der Waals surface area contributed by atoms with E-state index in [4.69, 9.17) is 8.74 Å². The molecule has 0 aliphatic rings. The molecule has 0 aliphatic carbocycles. The molecule has 0 amide bonds. The van der Waals surface area contributed by atoms with Gasteiger partial charge in [0.15, 0.2) is 0 Å². The van der Waals surface area contributed by atoms with E-state index in [0.717, 1.165) is 19.3 Å². The average Bonchev–Trinajstić information content (AvgIpc) is 3.05. The molecule has 4 nitrogen and oxygen atoms in total. The summed E-state index contributed by atoms with van der Waals surface area (Å²) in [4.78, 5) is 0. The molecule has 0 radical (unpaired) electrons. The lowest BCUT2D eigenvalue weighted by Gasteiger charge is -2.12. The van der Waals surface area contributed by atoms with Gasteiger partial charge in [-0.15, -0.1) is 0 Å². The van der Waals surface area contributed by atoms with E-state index < -0.39 is 10.4 Å². The third-order valence-corrected chi connectivity index (χ3v) is 10.4. The van der Waals surface area contributed by atoms with E-state index in [1.807, 2.05) is 0 Å². The Morgan fingerprint density at radius 2 is 0.723 bits per heavy atom. The molecule has 1 N–H and O–H groups in total. The second kappa shape index (κ2) is 38.4. The van der Waals surface area contributed by atoms with Crippen molar-refractivity contribution in [3.63, 3.8) is 0 Å². The normalized spacial score (nSPS) is 12.8. The molecule has 47 heavy (non-hydrogen) atoms. The zero-order chi connectivity index (χ0) is 34.4. The Kier molecular flexibility index (Phi) is 38.1. The third-order valence-electron chi connectivity index (χ3n) is 9.99. The van der Waals surface area contributed by atoms with Gasteiger partial charge in [-0.05, 0) is 19.3 Å². The quantitative estimate of drug-likeness (QED) is 0.0396. The Hall–Kier alpha value is -0.390. The van der Waals surface area contributed by atoms with Crippen molar-refractivity contribution in [1.82, 2.24) is 0 Å². The summed E-state index contributed by atoms with van der Waals surface area (Å²) in [6.45, 7) is 4.62. The van der Waals surface area contributed by atoms with Crippen LogP contribution >= 0.6 is 0 Å². The number of hydrogen-bond acceptors (Lipinski definition) is 3. The lowest BCUT2D eigenvalue weighted by atomic mass is 9.99. The lowest BCUT2D eigenvalue weighted by Crippen LogP contribution is -2.12. The van der Waals surface area contributed by atoms with Crippen LogP contribution < -0.4 is 0 Å². The maximum atomic E-state index is 11.1. The van der Waals surface area contributed by atoms with E-state index in [1.54, 1.807) is 0 Å². The minimum atomic E-state index is -4.38. The standard InChI is InChI=1S/C42H84O4S/c1-3-5-7-9-11-13-15-17-19-21-23-25-27-29-31-33-35-37-39-42(41-46-47(43,44)45)40-38-36-34-32-30-28-26-24-22-20-18-16-14-12-10-8-6-4-2/h37,39,42H,3-36,38,40-41H2,1-2H3,(H,43,44,45)/b39-37+. The summed E-state index contributed by atoms with van der Waals surface area (Å²) in [5.41, 5.74) is 0. The largest absolute Gasteiger partial charge is 0.397 e. The van der Waals surface area contributed by atoms with Crippen LogP contribution in [0.3, 0.4) is 0 Å². The molecule has 0 heterocycles. The van der Waals surface area contributed by atoms with Crippen LogP contribution in [-0.4, -0.2) is 19.6 Å². The number of rotatable bonds is 40. The minimum absolute atomic E-state index is 0.0489. The number of allylic oxidation sites excluding steroid dienone is 1. The summed E-state index contributed by atoms with van der Waals surface area (Å²) in [5.74, 6) is 0.0547. The van der Waals surface area contributed by atoms with Crippen molar-refractivity contribution in [2.24, 2.45) is 5.92 Å². The van der Waals surface area contributed by atoms with Crippen molar-refractivity contribution in [2.75, 3.05) is 6.61 Å². The van der Waals surface area contributed by atoms with Gasteiger partial charge in [0, 0.05) is 5.92 Å². The van der Waals surface area contributed by atoms with Gasteiger partial charge in [-0.1, -0.05) is 238 Å². The van der Waals surface area contributed by atoms with Gasteiger partial charge in [-0.3, -0.25) is 4.55 Å². The summed E-state index contributed by atoms with van der Waals surface area (Å²) in [7, 11) is -4.38. The average molecular weight is 685 g/mol. The molecule has 0 rings (SSSR count). The van der Waals surface area contributed by atoms with E-state index in [1.165, 1.54) is 212 Å². The molecule has 282 valence electrons. The Bertz CT molecular complexity index is 720. The van der Waals surface area contributed by atoms with Crippen molar-refractivity contribution in [3.05, 3.63) is 12.2 Å². The summed E-state index contributed by atoms with van der Waals surface area (Å²) in [5, 5.41) is 0. The monoisotopic (exact) mass is 685 g/mol. The van der Waals surface area contributed by atoms with Crippen LogP contribution in [0.4, 0.5) is 0 Å². The van der Waals surface area contributed by atoms with Crippen LogP contribution in [0.5, 0.6) is 0 Å². The molecule has 0 saturated carbocycles. The fourth-order valence-electron chi connectivity index (χ4n) is 6.82. The summed E-state index contributed by atoms with van der Waals surface area (Å²) in [6.07, 6.45) is 52.9. The van der Waals surface area contributed by atoms with Gasteiger partial charge in [0.1, 0.15) is 0 Å². The molecule has 1 unspecified atom stereocenters. The molecular weight excluding hydrogens is 601 g/mol. The number of unbranched alkanes of at least 4 members (excludes halogenated alkanes) is 33. The molecule has 0 aromatic carbocycles. The molecule has 0 saturated heterocycles. The second-order valence-corrected chi connectivity index (χ2v) is 15.9. The zero-order valence-electron chi connectivity index (χ0n) is 32.0. The minimum Gasteiger partial charge on any atom is -0.264 e. The van der Waals surface area contributed by atoms with Crippen LogP contribution in [0.1, 0.15) is 245 Å². The molecule has 0 aliphatic heterocycles. The van der Waals surface area contributed by atoms with E-state index in [0.29, 0.717) is 0 Å². The van der Waals surface area contributed by atoms with Crippen molar-refractivity contribution in [3.8, 4) is 0 Å². The van der Waals surface area contributed by atoms with Gasteiger partial charge in [0.25, 0.3) is 0 Å². The van der Waals surface area contributed by atoms with Gasteiger partial charge in [-0.25, -0.2) is 4.18 Å². The van der Waals surface area contributed by atoms with Crippen LogP contribution in [0.15, 0.2) is 12.2 Å². The van der Waals surface area contributed by atoms with Crippen LogP contribution in [0, 0.1) is 5.92 Å². The molecule has 1 atom stereocenters. The van der Waals surface area contributed by atoms with Gasteiger partial charge >= 0.3 is 10.4 Å². The molecular formula is C42H84O4S. The van der Waals surface area contributed by atoms with Crippen LogP contribution in [-0.2, 0) is 14.6 Å². The predicted octanol–water partition coefficient (Wildman–Crippen LogP) is 15.1. The number of hydrogen-bond donors (Lipinski definition) is 1. The van der Waals surface area contributed by atoms with E-state index in [2.05, 4.69) is 26.0 Å². The molecule has 0 fully saturated rings. The van der Waals surface area contributed by atoms with Gasteiger partial charge < -0.3 is 0 Å². The predicted molar refractivity (Wildman–Crippen MR) is 208 cm³/mol. The first-order valence-corrected chi connectivity index (χ1v) is 22.6. The highest BCUT2D eigenvalue weighted by molar-refractivity contribution is 7.80. The molecule has 0 spiro atoms. The lowest BCUT2D eigenvalue weighted by molar-refractivity contribution is 0.234. The van der Waals surface area contributed by atoms with Crippen LogP contribution in [0.2, 0.25) is 0 Å². The smallest absolute Gasteiger partial charge is 0.264 e. The molecule has 0 aromatic rings. The Balaban J connectivity index is 3.69. The first-order chi connectivity index (χ1) is 23.0. The van der Waals surface area contributed by atoms with Crippen molar-refractivity contribution >= 4 is 10.4 Å². The molecule has 0 aromatic heterocycles. The first kappa shape index (κ1) is 46.6. The maximum Gasteiger partial charge on any atom is 0.397 e. The maximum absolute atomic E-state index is 11.1. The highest BCUT2D eigenvalue weighted by atomic mass is 32.3. The Morgan fingerprint density at radius 1 is 0.447 bits per heavy atom. The zero-order valence-corrected chi connectivity index (χ0v) is 32.8. The topological polar surface area (TPSA) is 63.6 Å².